The highest BCUT2D eigenvalue weighted by Gasteiger charge is 2.19. The van der Waals surface area contributed by atoms with E-state index in [0.29, 0.717) is 5.41 Å². The molecule has 1 heterocycles. The molecule has 68 valence electrons. The van der Waals surface area contributed by atoms with E-state index in [1.807, 2.05) is 7.05 Å². The van der Waals surface area contributed by atoms with Gasteiger partial charge >= 0.3 is 0 Å². The summed E-state index contributed by atoms with van der Waals surface area (Å²) in [6, 6.07) is 2.22. The fourth-order valence-electron chi connectivity index (χ4n) is 1.23. The molecule has 2 heteroatoms. The van der Waals surface area contributed by atoms with Crippen LogP contribution in [0.25, 0.3) is 0 Å². The molecule has 0 amide bonds. The van der Waals surface area contributed by atoms with Gasteiger partial charge in [0, 0.05) is 0 Å². The van der Waals surface area contributed by atoms with Crippen LogP contribution in [0.5, 0.6) is 0 Å². The Hall–Kier alpha value is -0.340. The van der Waals surface area contributed by atoms with Crippen molar-refractivity contribution in [3.05, 3.63) is 22.4 Å². The summed E-state index contributed by atoms with van der Waals surface area (Å²) in [5.74, 6) is 0. The zero-order valence-corrected chi connectivity index (χ0v) is 8.87. The first-order valence-corrected chi connectivity index (χ1v) is 5.28. The minimum atomic E-state index is 0.322. The molecule has 1 nitrogen and oxygen atoms in total. The van der Waals surface area contributed by atoms with Crippen molar-refractivity contribution in [2.24, 2.45) is 0 Å². The number of thiophene rings is 1. The molecule has 1 aromatic heterocycles. The lowest BCUT2D eigenvalue weighted by Crippen LogP contribution is -2.22. The van der Waals surface area contributed by atoms with Gasteiger partial charge in [-0.25, -0.2) is 0 Å². The predicted molar refractivity (Wildman–Crippen MR) is 55.9 cm³/mol. The van der Waals surface area contributed by atoms with Gasteiger partial charge in [0.05, 0.1) is 0 Å². The van der Waals surface area contributed by atoms with Gasteiger partial charge in [0.25, 0.3) is 0 Å². The summed E-state index contributed by atoms with van der Waals surface area (Å²) in [6.45, 7) is 5.68. The van der Waals surface area contributed by atoms with Crippen LogP contribution in [0.2, 0.25) is 0 Å². The van der Waals surface area contributed by atoms with Crippen molar-refractivity contribution in [3.8, 4) is 0 Å². The van der Waals surface area contributed by atoms with E-state index in [2.05, 4.69) is 36.0 Å². The quantitative estimate of drug-likeness (QED) is 0.756. The highest BCUT2D eigenvalue weighted by molar-refractivity contribution is 7.08. The molecule has 0 atom stereocenters. The zero-order valence-electron chi connectivity index (χ0n) is 8.05. The van der Waals surface area contributed by atoms with E-state index in [1.54, 1.807) is 11.3 Å². The Kier molecular flexibility index (Phi) is 3.29. The van der Waals surface area contributed by atoms with Crippen molar-refractivity contribution in [1.82, 2.24) is 5.32 Å². The van der Waals surface area contributed by atoms with Crippen LogP contribution >= 0.6 is 11.3 Å². The van der Waals surface area contributed by atoms with Crippen LogP contribution in [-0.4, -0.2) is 13.6 Å². The van der Waals surface area contributed by atoms with Gasteiger partial charge in [0.2, 0.25) is 0 Å². The molecule has 0 aromatic carbocycles. The van der Waals surface area contributed by atoms with Crippen LogP contribution in [0.3, 0.4) is 0 Å². The summed E-state index contributed by atoms with van der Waals surface area (Å²) < 4.78 is 0. The highest BCUT2D eigenvalue weighted by atomic mass is 32.1. The van der Waals surface area contributed by atoms with E-state index >= 15 is 0 Å². The standard InChI is InChI=1S/C10H17NS/c1-10(2,5-6-11-3)9-4-7-12-8-9/h4,7-8,11H,5-6H2,1-3H3. The summed E-state index contributed by atoms with van der Waals surface area (Å²) in [7, 11) is 2.00. The van der Waals surface area contributed by atoms with Gasteiger partial charge in [-0.1, -0.05) is 13.8 Å². The SMILES string of the molecule is CNCCC(C)(C)c1ccsc1. The zero-order chi connectivity index (χ0) is 9.03. The average molecular weight is 183 g/mol. The molecule has 0 aliphatic heterocycles. The third-order valence-electron chi connectivity index (χ3n) is 2.30. The first-order valence-electron chi connectivity index (χ1n) is 4.34. The van der Waals surface area contributed by atoms with Gasteiger partial charge in [-0.2, -0.15) is 11.3 Å². The summed E-state index contributed by atoms with van der Waals surface area (Å²) in [4.78, 5) is 0. The second kappa shape index (κ2) is 4.06. The van der Waals surface area contributed by atoms with Crippen molar-refractivity contribution < 1.29 is 0 Å². The van der Waals surface area contributed by atoms with Gasteiger partial charge < -0.3 is 5.32 Å². The molecule has 0 spiro atoms. The summed E-state index contributed by atoms with van der Waals surface area (Å²) in [5.41, 5.74) is 1.78. The molecule has 1 rings (SSSR count). The largest absolute Gasteiger partial charge is 0.320 e. The Labute approximate surface area is 78.8 Å². The molecule has 0 bridgehead atoms. The Balaban J connectivity index is 2.59. The molecule has 0 aliphatic rings. The molecule has 0 saturated carbocycles. The Morgan fingerprint density at radius 1 is 1.50 bits per heavy atom. The van der Waals surface area contributed by atoms with Gasteiger partial charge in [-0.15, -0.1) is 0 Å². The molecule has 1 N–H and O–H groups in total. The topological polar surface area (TPSA) is 12.0 Å². The third-order valence-corrected chi connectivity index (χ3v) is 2.99. The lowest BCUT2D eigenvalue weighted by Gasteiger charge is -2.23. The molecule has 0 saturated heterocycles. The van der Waals surface area contributed by atoms with E-state index < -0.39 is 0 Å². The van der Waals surface area contributed by atoms with Crippen molar-refractivity contribution >= 4 is 11.3 Å². The fourth-order valence-corrected chi connectivity index (χ4v) is 2.08. The lowest BCUT2D eigenvalue weighted by molar-refractivity contribution is 0.470. The van der Waals surface area contributed by atoms with E-state index in [0.717, 1.165) is 6.54 Å². The summed E-state index contributed by atoms with van der Waals surface area (Å²) in [5, 5.41) is 7.58. The Morgan fingerprint density at radius 3 is 2.75 bits per heavy atom. The maximum absolute atomic E-state index is 3.19. The van der Waals surface area contributed by atoms with E-state index in [4.69, 9.17) is 0 Å². The van der Waals surface area contributed by atoms with Crippen molar-refractivity contribution in [2.75, 3.05) is 13.6 Å². The maximum Gasteiger partial charge on any atom is -0.00436 e. The van der Waals surface area contributed by atoms with E-state index in [-0.39, 0.29) is 0 Å². The van der Waals surface area contributed by atoms with Crippen LogP contribution < -0.4 is 5.32 Å². The van der Waals surface area contributed by atoms with Gasteiger partial charge in [0.1, 0.15) is 0 Å². The number of rotatable bonds is 4. The monoisotopic (exact) mass is 183 g/mol. The summed E-state index contributed by atoms with van der Waals surface area (Å²) in [6.07, 6.45) is 1.19. The molecule has 12 heavy (non-hydrogen) atoms. The molecule has 0 unspecified atom stereocenters. The molecular formula is C10H17NS. The first kappa shape index (κ1) is 9.75. The number of hydrogen-bond acceptors (Lipinski definition) is 2. The number of nitrogens with one attached hydrogen (secondary N) is 1. The minimum absolute atomic E-state index is 0.322. The van der Waals surface area contributed by atoms with Crippen LogP contribution in [0.1, 0.15) is 25.8 Å². The van der Waals surface area contributed by atoms with Gasteiger partial charge in [-0.3, -0.25) is 0 Å². The third kappa shape index (κ3) is 2.32. The van der Waals surface area contributed by atoms with Crippen molar-refractivity contribution in [2.45, 2.75) is 25.7 Å². The molecule has 0 fully saturated rings. The van der Waals surface area contributed by atoms with Crippen LogP contribution in [0, 0.1) is 0 Å². The van der Waals surface area contributed by atoms with Crippen LogP contribution in [-0.2, 0) is 5.41 Å². The van der Waals surface area contributed by atoms with Crippen molar-refractivity contribution in [3.63, 3.8) is 0 Å². The van der Waals surface area contributed by atoms with Gasteiger partial charge in [-0.05, 0) is 47.8 Å². The molecule has 1 aromatic rings. The Bertz CT molecular complexity index is 214. The molecular weight excluding hydrogens is 166 g/mol. The highest BCUT2D eigenvalue weighted by Crippen LogP contribution is 2.27. The van der Waals surface area contributed by atoms with Gasteiger partial charge in [0.15, 0.2) is 0 Å². The Morgan fingerprint density at radius 2 is 2.25 bits per heavy atom. The average Bonchev–Trinajstić information content (AvgIpc) is 2.53. The summed E-state index contributed by atoms with van der Waals surface area (Å²) >= 11 is 1.78. The molecule has 0 radical (unpaired) electrons. The minimum Gasteiger partial charge on any atom is -0.320 e. The van der Waals surface area contributed by atoms with Crippen LogP contribution in [0.15, 0.2) is 16.8 Å². The first-order chi connectivity index (χ1) is 5.67. The second-order valence-electron chi connectivity index (χ2n) is 3.75. The predicted octanol–water partition coefficient (Wildman–Crippen LogP) is 2.64. The van der Waals surface area contributed by atoms with E-state index in [1.165, 1.54) is 12.0 Å². The normalized spacial score (nSPS) is 11.9. The lowest BCUT2D eigenvalue weighted by atomic mass is 9.83. The smallest absolute Gasteiger partial charge is 0.00436 e. The number of hydrogen-bond donors (Lipinski definition) is 1. The molecule has 0 aliphatic carbocycles. The fraction of sp³-hybridized carbons (Fsp3) is 0.600. The maximum atomic E-state index is 3.19. The van der Waals surface area contributed by atoms with E-state index in [9.17, 15) is 0 Å². The van der Waals surface area contributed by atoms with Crippen LogP contribution in [0.4, 0.5) is 0 Å². The van der Waals surface area contributed by atoms with Crippen molar-refractivity contribution in [1.29, 1.82) is 0 Å². The second-order valence-corrected chi connectivity index (χ2v) is 4.53.